The van der Waals surface area contributed by atoms with Gasteiger partial charge in [0.15, 0.2) is 0 Å². The number of urea groups is 1. The molecule has 0 fully saturated rings. The van der Waals surface area contributed by atoms with E-state index in [1.807, 2.05) is 12.1 Å². The van der Waals surface area contributed by atoms with Crippen molar-refractivity contribution in [3.8, 4) is 5.69 Å². The third kappa shape index (κ3) is 4.28. The van der Waals surface area contributed by atoms with Crippen LogP contribution in [0.1, 0.15) is 13.3 Å². The van der Waals surface area contributed by atoms with E-state index in [0.717, 1.165) is 5.69 Å². The molecule has 0 saturated heterocycles. The van der Waals surface area contributed by atoms with Gasteiger partial charge in [-0.3, -0.25) is 0 Å². The molecule has 1 heterocycles. The van der Waals surface area contributed by atoms with Crippen LogP contribution in [0, 0.1) is 0 Å². The largest absolute Gasteiger partial charge is 0.393 e. The highest BCUT2D eigenvalue weighted by molar-refractivity contribution is 5.89. The van der Waals surface area contributed by atoms with Crippen LogP contribution in [0.25, 0.3) is 5.69 Å². The maximum Gasteiger partial charge on any atom is 0.321 e. The SMILES string of the molecule is CC(O)CCN(C)C(=O)Nc1ccc(-n2nccn2)cc1. The molecule has 0 spiro atoms. The minimum atomic E-state index is -0.416. The summed E-state index contributed by atoms with van der Waals surface area (Å²) in [6.07, 6.45) is 3.34. The average Bonchev–Trinajstić information content (AvgIpc) is 2.99. The smallest absolute Gasteiger partial charge is 0.321 e. The van der Waals surface area contributed by atoms with Gasteiger partial charge in [0, 0.05) is 19.3 Å². The first-order valence-corrected chi connectivity index (χ1v) is 6.73. The minimum Gasteiger partial charge on any atom is -0.393 e. The lowest BCUT2D eigenvalue weighted by atomic mass is 10.2. The summed E-state index contributed by atoms with van der Waals surface area (Å²) < 4.78 is 0. The van der Waals surface area contributed by atoms with Crippen molar-refractivity contribution in [1.29, 1.82) is 0 Å². The fourth-order valence-electron chi connectivity index (χ4n) is 1.73. The zero-order valence-corrected chi connectivity index (χ0v) is 12.1. The number of hydrogen-bond donors (Lipinski definition) is 2. The third-order valence-electron chi connectivity index (χ3n) is 3.00. The number of anilines is 1. The van der Waals surface area contributed by atoms with Crippen LogP contribution in [0.5, 0.6) is 0 Å². The molecule has 112 valence electrons. The van der Waals surface area contributed by atoms with Gasteiger partial charge in [-0.25, -0.2) is 4.79 Å². The Hall–Kier alpha value is -2.41. The molecule has 7 nitrogen and oxygen atoms in total. The first kappa shape index (κ1) is 15.0. The molecule has 0 saturated carbocycles. The molecule has 2 N–H and O–H groups in total. The number of carbonyl (C=O) groups excluding carboxylic acids is 1. The average molecular weight is 289 g/mol. The van der Waals surface area contributed by atoms with Crippen LogP contribution in [-0.4, -0.2) is 50.7 Å². The summed E-state index contributed by atoms with van der Waals surface area (Å²) in [4.78, 5) is 15.0. The van der Waals surface area contributed by atoms with Gasteiger partial charge in [-0.15, -0.1) is 0 Å². The molecule has 1 aromatic carbocycles. The molecule has 0 aliphatic rings. The van der Waals surface area contributed by atoms with Crippen molar-refractivity contribution < 1.29 is 9.90 Å². The monoisotopic (exact) mass is 289 g/mol. The summed E-state index contributed by atoms with van der Waals surface area (Å²) >= 11 is 0. The predicted molar refractivity (Wildman–Crippen MR) is 79.3 cm³/mol. The van der Waals surface area contributed by atoms with Crippen LogP contribution in [0.2, 0.25) is 0 Å². The highest BCUT2D eigenvalue weighted by atomic mass is 16.3. The zero-order valence-electron chi connectivity index (χ0n) is 12.1. The van der Waals surface area contributed by atoms with Crippen LogP contribution in [0.3, 0.4) is 0 Å². The topological polar surface area (TPSA) is 83.3 Å². The van der Waals surface area contributed by atoms with Crippen molar-refractivity contribution in [2.24, 2.45) is 0 Å². The van der Waals surface area contributed by atoms with Crippen LogP contribution < -0.4 is 5.32 Å². The molecular formula is C14H19N5O2. The number of hydrogen-bond acceptors (Lipinski definition) is 4. The number of aliphatic hydroxyl groups is 1. The number of benzene rings is 1. The fourth-order valence-corrected chi connectivity index (χ4v) is 1.73. The van der Waals surface area contributed by atoms with Crippen LogP contribution in [-0.2, 0) is 0 Å². The summed E-state index contributed by atoms with van der Waals surface area (Å²) in [7, 11) is 1.69. The van der Waals surface area contributed by atoms with Gasteiger partial charge in [-0.2, -0.15) is 15.0 Å². The van der Waals surface area contributed by atoms with Crippen LogP contribution in [0.4, 0.5) is 10.5 Å². The molecule has 0 aliphatic heterocycles. The normalized spacial score (nSPS) is 12.0. The maximum absolute atomic E-state index is 11.9. The van der Waals surface area contributed by atoms with Crippen molar-refractivity contribution >= 4 is 11.7 Å². The molecule has 0 aliphatic carbocycles. The Morgan fingerprint density at radius 1 is 1.33 bits per heavy atom. The Morgan fingerprint density at radius 2 is 1.95 bits per heavy atom. The molecule has 2 rings (SSSR count). The summed E-state index contributed by atoms with van der Waals surface area (Å²) in [6.45, 7) is 2.20. The highest BCUT2D eigenvalue weighted by Gasteiger charge is 2.09. The standard InChI is InChI=1S/C14H19N5O2/c1-11(20)7-10-18(2)14(21)17-12-3-5-13(6-4-12)19-15-8-9-16-19/h3-6,8-9,11,20H,7,10H2,1-2H3,(H,17,21). The van der Waals surface area contributed by atoms with Crippen molar-refractivity contribution in [3.63, 3.8) is 0 Å². The van der Waals surface area contributed by atoms with E-state index >= 15 is 0 Å². The summed E-state index contributed by atoms with van der Waals surface area (Å²) in [5, 5.41) is 20.1. The number of rotatable bonds is 5. The minimum absolute atomic E-state index is 0.208. The van der Waals surface area contributed by atoms with Gasteiger partial charge in [-0.05, 0) is 37.6 Å². The predicted octanol–water partition coefficient (Wildman–Crippen LogP) is 1.50. The van der Waals surface area contributed by atoms with E-state index in [1.54, 1.807) is 38.5 Å². The fraction of sp³-hybridized carbons (Fsp3) is 0.357. The number of carbonyl (C=O) groups is 1. The van der Waals surface area contributed by atoms with E-state index in [4.69, 9.17) is 0 Å². The molecule has 1 atom stereocenters. The summed E-state index contributed by atoms with van der Waals surface area (Å²) in [5.74, 6) is 0. The second-order valence-electron chi connectivity index (χ2n) is 4.85. The third-order valence-corrected chi connectivity index (χ3v) is 3.00. The number of nitrogens with zero attached hydrogens (tertiary/aromatic N) is 4. The lowest BCUT2D eigenvalue weighted by Gasteiger charge is -2.18. The lowest BCUT2D eigenvalue weighted by Crippen LogP contribution is -2.33. The van der Waals surface area contributed by atoms with Crippen LogP contribution >= 0.6 is 0 Å². The number of nitrogens with one attached hydrogen (secondary N) is 1. The number of aromatic nitrogens is 3. The van der Waals surface area contributed by atoms with Gasteiger partial charge in [0.25, 0.3) is 0 Å². The Morgan fingerprint density at radius 3 is 2.52 bits per heavy atom. The Kier molecular flexibility index (Phi) is 4.89. The van der Waals surface area contributed by atoms with Gasteiger partial charge in [-0.1, -0.05) is 0 Å². The van der Waals surface area contributed by atoms with Gasteiger partial charge in [0.2, 0.25) is 0 Å². The van der Waals surface area contributed by atoms with Gasteiger partial charge >= 0.3 is 6.03 Å². The zero-order chi connectivity index (χ0) is 15.2. The first-order valence-electron chi connectivity index (χ1n) is 6.73. The van der Waals surface area contributed by atoms with Crippen molar-refractivity contribution in [2.75, 3.05) is 18.9 Å². The van der Waals surface area contributed by atoms with Crippen molar-refractivity contribution in [3.05, 3.63) is 36.7 Å². The van der Waals surface area contributed by atoms with E-state index in [1.165, 1.54) is 9.70 Å². The molecule has 21 heavy (non-hydrogen) atoms. The summed E-state index contributed by atoms with van der Waals surface area (Å²) in [5.41, 5.74) is 1.51. The Labute approximate surface area is 123 Å². The molecule has 1 aromatic heterocycles. The van der Waals surface area contributed by atoms with Gasteiger partial charge < -0.3 is 15.3 Å². The maximum atomic E-state index is 11.9. The Balaban J connectivity index is 1.92. The molecule has 2 amide bonds. The van der Waals surface area contributed by atoms with Crippen LogP contribution in [0.15, 0.2) is 36.7 Å². The molecule has 0 bridgehead atoms. The van der Waals surface area contributed by atoms with Crippen molar-refractivity contribution in [2.45, 2.75) is 19.4 Å². The van der Waals surface area contributed by atoms with Gasteiger partial charge in [0.05, 0.1) is 24.2 Å². The molecule has 1 unspecified atom stereocenters. The second kappa shape index (κ2) is 6.85. The summed E-state index contributed by atoms with van der Waals surface area (Å²) in [6, 6.07) is 7.02. The highest BCUT2D eigenvalue weighted by Crippen LogP contribution is 2.12. The lowest BCUT2D eigenvalue weighted by molar-refractivity contribution is 0.167. The van der Waals surface area contributed by atoms with E-state index in [-0.39, 0.29) is 6.03 Å². The van der Waals surface area contributed by atoms with Gasteiger partial charge in [0.1, 0.15) is 0 Å². The molecule has 0 radical (unpaired) electrons. The van der Waals surface area contributed by atoms with E-state index < -0.39 is 6.10 Å². The number of amides is 2. The second-order valence-corrected chi connectivity index (χ2v) is 4.85. The van der Waals surface area contributed by atoms with Crippen molar-refractivity contribution in [1.82, 2.24) is 19.9 Å². The number of aliphatic hydroxyl groups excluding tert-OH is 1. The molecule has 2 aromatic rings. The van der Waals surface area contributed by atoms with E-state index in [2.05, 4.69) is 15.5 Å². The van der Waals surface area contributed by atoms with E-state index in [9.17, 15) is 9.90 Å². The van der Waals surface area contributed by atoms with E-state index in [0.29, 0.717) is 18.7 Å². The Bertz CT molecular complexity index is 566. The first-order chi connectivity index (χ1) is 10.1. The quantitative estimate of drug-likeness (QED) is 0.873. The molecule has 7 heteroatoms. The molecular weight excluding hydrogens is 270 g/mol.